The molecule has 1 aliphatic heterocycles. The molecule has 148 valence electrons. The number of likely N-dealkylation sites (tertiary alicyclic amines) is 1. The summed E-state index contributed by atoms with van der Waals surface area (Å²) in [5, 5.41) is 10.8. The molecule has 1 aliphatic carbocycles. The minimum absolute atomic E-state index is 0.148. The van der Waals surface area contributed by atoms with Crippen molar-refractivity contribution in [1.82, 2.24) is 9.62 Å². The number of nitrogens with one attached hydrogen (secondary N) is 1. The number of nitrogens with zero attached hydrogens (tertiary/aromatic N) is 2. The Morgan fingerprint density at radius 3 is 2.67 bits per heavy atom. The third-order valence-electron chi connectivity index (χ3n) is 5.48. The van der Waals surface area contributed by atoms with Crippen LogP contribution in [0.3, 0.4) is 0 Å². The standard InChI is InChI=1S/C17H22ClN3O5S/c18-15-6-5-14(9-16(15)21(23)24)27(25,26)19-10-17(22)20-8-7-12-3-1-2-4-13(12)11-20/h5-6,9,12-13,19H,1-4,7-8,10-11H2/t12-,13+/m0/s1. The molecule has 1 amide bonds. The van der Waals surface area contributed by atoms with E-state index < -0.39 is 20.6 Å². The fourth-order valence-electron chi connectivity index (χ4n) is 3.98. The highest BCUT2D eigenvalue weighted by Gasteiger charge is 2.33. The summed E-state index contributed by atoms with van der Waals surface area (Å²) >= 11 is 5.71. The van der Waals surface area contributed by atoms with Crippen molar-refractivity contribution in [3.05, 3.63) is 33.3 Å². The minimum Gasteiger partial charge on any atom is -0.341 e. The molecule has 1 heterocycles. The highest BCUT2D eigenvalue weighted by Crippen LogP contribution is 2.36. The number of sulfonamides is 1. The maximum atomic E-state index is 12.4. The van der Waals surface area contributed by atoms with Crippen LogP contribution in [-0.2, 0) is 14.8 Å². The van der Waals surface area contributed by atoms with Gasteiger partial charge in [0.25, 0.3) is 5.69 Å². The number of hydrogen-bond donors (Lipinski definition) is 1. The zero-order valence-electron chi connectivity index (χ0n) is 14.8. The van der Waals surface area contributed by atoms with Crippen molar-refractivity contribution in [3.8, 4) is 0 Å². The summed E-state index contributed by atoms with van der Waals surface area (Å²) in [6.07, 6.45) is 5.74. The summed E-state index contributed by atoms with van der Waals surface area (Å²) < 4.78 is 27.0. The van der Waals surface area contributed by atoms with E-state index in [-0.39, 0.29) is 22.4 Å². The molecule has 0 unspecified atom stereocenters. The number of nitro groups is 1. The minimum atomic E-state index is -4.05. The summed E-state index contributed by atoms with van der Waals surface area (Å²) in [6, 6.07) is 3.22. The Morgan fingerprint density at radius 1 is 1.26 bits per heavy atom. The Balaban J connectivity index is 1.62. The Labute approximate surface area is 163 Å². The van der Waals surface area contributed by atoms with Gasteiger partial charge in [-0.1, -0.05) is 30.9 Å². The van der Waals surface area contributed by atoms with E-state index in [0.29, 0.717) is 24.9 Å². The predicted molar refractivity (Wildman–Crippen MR) is 99.9 cm³/mol. The van der Waals surface area contributed by atoms with E-state index in [1.165, 1.54) is 25.3 Å². The molecule has 0 aromatic heterocycles. The maximum Gasteiger partial charge on any atom is 0.289 e. The van der Waals surface area contributed by atoms with Crippen LogP contribution in [0.4, 0.5) is 5.69 Å². The summed E-state index contributed by atoms with van der Waals surface area (Å²) in [6.45, 7) is 0.960. The zero-order valence-corrected chi connectivity index (χ0v) is 16.3. The molecule has 1 saturated carbocycles. The quantitative estimate of drug-likeness (QED) is 0.587. The molecule has 1 saturated heterocycles. The monoisotopic (exact) mass is 415 g/mol. The molecule has 0 spiro atoms. The summed E-state index contributed by atoms with van der Waals surface area (Å²) in [5.41, 5.74) is -0.495. The maximum absolute atomic E-state index is 12.4. The smallest absolute Gasteiger partial charge is 0.289 e. The van der Waals surface area contributed by atoms with Gasteiger partial charge < -0.3 is 4.90 Å². The molecule has 0 radical (unpaired) electrons. The van der Waals surface area contributed by atoms with E-state index in [4.69, 9.17) is 11.6 Å². The van der Waals surface area contributed by atoms with E-state index in [1.54, 1.807) is 4.90 Å². The summed E-state index contributed by atoms with van der Waals surface area (Å²) in [4.78, 5) is 24.1. The molecular weight excluding hydrogens is 394 g/mol. The van der Waals surface area contributed by atoms with Crippen LogP contribution in [0.2, 0.25) is 5.02 Å². The first-order chi connectivity index (χ1) is 12.8. The van der Waals surface area contributed by atoms with Crippen LogP contribution in [0.5, 0.6) is 0 Å². The first-order valence-electron chi connectivity index (χ1n) is 8.99. The van der Waals surface area contributed by atoms with Gasteiger partial charge in [0.2, 0.25) is 15.9 Å². The molecule has 2 aliphatic rings. The van der Waals surface area contributed by atoms with Crippen molar-refractivity contribution in [2.45, 2.75) is 37.0 Å². The number of benzene rings is 1. The van der Waals surface area contributed by atoms with E-state index in [2.05, 4.69) is 4.72 Å². The number of carbonyl (C=O) groups is 1. The number of rotatable bonds is 5. The number of nitro benzene ring substituents is 1. The highest BCUT2D eigenvalue weighted by atomic mass is 35.5. The first kappa shape index (κ1) is 20.0. The Hall–Kier alpha value is -1.71. The molecule has 1 aromatic carbocycles. The van der Waals surface area contributed by atoms with Gasteiger partial charge in [-0.15, -0.1) is 0 Å². The van der Waals surface area contributed by atoms with Gasteiger partial charge in [0.05, 0.1) is 16.4 Å². The third-order valence-corrected chi connectivity index (χ3v) is 7.20. The van der Waals surface area contributed by atoms with Crippen molar-refractivity contribution in [2.75, 3.05) is 19.6 Å². The summed E-state index contributed by atoms with van der Waals surface area (Å²) in [5.74, 6) is 0.909. The molecule has 0 bridgehead atoms. The normalized spacial score (nSPS) is 22.9. The lowest BCUT2D eigenvalue weighted by molar-refractivity contribution is -0.384. The van der Waals surface area contributed by atoms with Crippen LogP contribution < -0.4 is 4.72 Å². The van der Waals surface area contributed by atoms with Crippen LogP contribution in [0, 0.1) is 22.0 Å². The fourth-order valence-corrected chi connectivity index (χ4v) is 5.16. The zero-order chi connectivity index (χ0) is 19.6. The van der Waals surface area contributed by atoms with Crippen LogP contribution in [0.15, 0.2) is 23.1 Å². The number of fused-ring (bicyclic) bond motifs is 1. The Kier molecular flexibility index (Phi) is 6.02. The number of hydrogen-bond acceptors (Lipinski definition) is 5. The number of halogens is 1. The predicted octanol–water partition coefficient (Wildman–Crippen LogP) is 2.57. The Morgan fingerprint density at radius 2 is 1.96 bits per heavy atom. The van der Waals surface area contributed by atoms with Gasteiger partial charge in [-0.25, -0.2) is 13.1 Å². The number of amides is 1. The molecular formula is C17H22ClN3O5S. The van der Waals surface area contributed by atoms with Crippen LogP contribution in [-0.4, -0.2) is 43.8 Å². The second-order valence-corrected chi connectivity index (χ2v) is 9.30. The SMILES string of the molecule is O=C(CNS(=O)(=O)c1ccc(Cl)c([N+](=O)[O-])c1)N1CC[C@@H]2CCCC[C@@H]2C1. The van der Waals surface area contributed by atoms with Gasteiger partial charge in [-0.05, 0) is 36.8 Å². The molecule has 3 rings (SSSR count). The molecule has 27 heavy (non-hydrogen) atoms. The molecule has 8 nitrogen and oxygen atoms in total. The van der Waals surface area contributed by atoms with E-state index in [0.717, 1.165) is 25.0 Å². The van der Waals surface area contributed by atoms with E-state index in [1.807, 2.05) is 0 Å². The lowest BCUT2D eigenvalue weighted by atomic mass is 9.75. The fraction of sp³-hybridized carbons (Fsp3) is 0.588. The molecule has 1 aromatic rings. The van der Waals surface area contributed by atoms with Gasteiger partial charge in [0.1, 0.15) is 5.02 Å². The van der Waals surface area contributed by atoms with Gasteiger partial charge in [0, 0.05) is 19.2 Å². The van der Waals surface area contributed by atoms with Gasteiger partial charge in [-0.2, -0.15) is 0 Å². The molecule has 2 fully saturated rings. The van der Waals surface area contributed by atoms with Crippen LogP contribution in [0.1, 0.15) is 32.1 Å². The Bertz CT molecular complexity index is 845. The van der Waals surface area contributed by atoms with Crippen molar-refractivity contribution in [3.63, 3.8) is 0 Å². The van der Waals surface area contributed by atoms with Crippen LogP contribution >= 0.6 is 11.6 Å². The highest BCUT2D eigenvalue weighted by molar-refractivity contribution is 7.89. The second kappa shape index (κ2) is 8.12. The average molecular weight is 416 g/mol. The van der Waals surface area contributed by atoms with Crippen LogP contribution in [0.25, 0.3) is 0 Å². The lowest BCUT2D eigenvalue weighted by Gasteiger charge is -2.41. The second-order valence-electron chi connectivity index (χ2n) is 7.13. The number of piperidine rings is 1. The van der Waals surface area contributed by atoms with E-state index in [9.17, 15) is 23.3 Å². The topological polar surface area (TPSA) is 110 Å². The van der Waals surface area contributed by atoms with Crippen molar-refractivity contribution in [1.29, 1.82) is 0 Å². The van der Waals surface area contributed by atoms with Crippen molar-refractivity contribution < 1.29 is 18.1 Å². The van der Waals surface area contributed by atoms with Gasteiger partial charge >= 0.3 is 0 Å². The van der Waals surface area contributed by atoms with Gasteiger partial charge in [-0.3, -0.25) is 14.9 Å². The largest absolute Gasteiger partial charge is 0.341 e. The number of carbonyl (C=O) groups excluding carboxylic acids is 1. The third kappa shape index (κ3) is 4.59. The molecule has 2 atom stereocenters. The summed E-state index contributed by atoms with van der Waals surface area (Å²) in [7, 11) is -4.05. The lowest BCUT2D eigenvalue weighted by Crippen LogP contribution is -2.48. The average Bonchev–Trinajstić information content (AvgIpc) is 2.65. The van der Waals surface area contributed by atoms with Gasteiger partial charge in [0.15, 0.2) is 0 Å². The van der Waals surface area contributed by atoms with Crippen molar-refractivity contribution >= 4 is 33.2 Å². The first-order valence-corrected chi connectivity index (χ1v) is 10.9. The molecule has 10 heteroatoms. The molecule has 1 N–H and O–H groups in total. The van der Waals surface area contributed by atoms with E-state index >= 15 is 0 Å². The van der Waals surface area contributed by atoms with Crippen molar-refractivity contribution in [2.24, 2.45) is 11.8 Å².